The Balaban J connectivity index is 1.07. The lowest BCUT2D eigenvalue weighted by Crippen LogP contribution is -2.28. The molecule has 0 aliphatic heterocycles. The first-order chi connectivity index (χ1) is 27.6. The molecule has 3 aliphatic rings. The molecule has 3 nitrogen and oxygen atoms in total. The van der Waals surface area contributed by atoms with Gasteiger partial charge in [-0.05, 0) is 68.2 Å². The Morgan fingerprint density at radius 1 is 0.482 bits per heavy atom. The largest absolute Gasteiger partial charge is 0.208 e. The van der Waals surface area contributed by atoms with Crippen molar-refractivity contribution in [2.45, 2.75) is 19.3 Å². The highest BCUT2D eigenvalue weighted by Gasteiger charge is 2.54. The van der Waals surface area contributed by atoms with Crippen LogP contribution in [-0.2, 0) is 5.41 Å². The van der Waals surface area contributed by atoms with Gasteiger partial charge in [0.15, 0.2) is 17.5 Å². The fourth-order valence-electron chi connectivity index (χ4n) is 9.05. The SMILES string of the molecule is C\C=C/C=C1/C(=C2\C=CC(c3ccc(-c4nc(-c5ccccc5)nc(-c5ccccc5)n4)cc3)=CC2C)C2(c3ccccc31)c1ccccc1-c1ccccc12. The number of rotatable bonds is 5. The molecular formula is C53H39N3. The van der Waals surface area contributed by atoms with E-state index in [4.69, 9.17) is 15.0 Å². The maximum absolute atomic E-state index is 4.95. The highest BCUT2D eigenvalue weighted by Crippen LogP contribution is 2.65. The molecule has 3 heteroatoms. The molecule has 0 bridgehead atoms. The minimum Gasteiger partial charge on any atom is -0.208 e. The fourth-order valence-corrected chi connectivity index (χ4v) is 9.05. The quantitative estimate of drug-likeness (QED) is 0.178. The Morgan fingerprint density at radius 2 is 0.929 bits per heavy atom. The number of nitrogens with zero attached hydrogens (tertiary/aromatic N) is 3. The average Bonchev–Trinajstić information content (AvgIpc) is 3.73. The van der Waals surface area contributed by atoms with Crippen LogP contribution in [0.3, 0.4) is 0 Å². The van der Waals surface area contributed by atoms with E-state index in [1.807, 2.05) is 60.7 Å². The first-order valence-electron chi connectivity index (χ1n) is 19.4. The fraction of sp³-hybridized carbons (Fsp3) is 0.0755. The van der Waals surface area contributed by atoms with Crippen molar-refractivity contribution in [3.63, 3.8) is 0 Å². The Labute approximate surface area is 328 Å². The maximum atomic E-state index is 4.95. The summed E-state index contributed by atoms with van der Waals surface area (Å²) in [5.41, 5.74) is 16.8. The zero-order valence-electron chi connectivity index (χ0n) is 31.4. The second kappa shape index (κ2) is 13.7. The first-order valence-corrected chi connectivity index (χ1v) is 19.4. The van der Waals surface area contributed by atoms with Crippen molar-refractivity contribution in [1.29, 1.82) is 0 Å². The van der Waals surface area contributed by atoms with Crippen LogP contribution in [0.25, 0.3) is 56.4 Å². The van der Waals surface area contributed by atoms with E-state index in [1.54, 1.807) is 0 Å². The minimum absolute atomic E-state index is 0.162. The molecule has 0 fully saturated rings. The van der Waals surface area contributed by atoms with Crippen molar-refractivity contribution in [2.75, 3.05) is 0 Å². The first kappa shape index (κ1) is 33.6. The molecule has 1 spiro atoms. The molecule has 0 saturated carbocycles. The summed E-state index contributed by atoms with van der Waals surface area (Å²) >= 11 is 0. The predicted octanol–water partition coefficient (Wildman–Crippen LogP) is 12.7. The molecule has 56 heavy (non-hydrogen) atoms. The van der Waals surface area contributed by atoms with Gasteiger partial charge in [-0.3, -0.25) is 0 Å². The normalized spacial score (nSPS) is 18.3. The number of benzene rings is 6. The van der Waals surface area contributed by atoms with Crippen molar-refractivity contribution in [1.82, 2.24) is 15.0 Å². The molecule has 10 rings (SSSR count). The van der Waals surface area contributed by atoms with Crippen molar-refractivity contribution < 1.29 is 0 Å². The molecule has 0 amide bonds. The van der Waals surface area contributed by atoms with Gasteiger partial charge in [-0.15, -0.1) is 0 Å². The highest BCUT2D eigenvalue weighted by atomic mass is 15.0. The summed E-state index contributed by atoms with van der Waals surface area (Å²) in [5, 5.41) is 0. The van der Waals surface area contributed by atoms with Crippen LogP contribution in [-0.4, -0.2) is 15.0 Å². The van der Waals surface area contributed by atoms with Crippen LogP contribution < -0.4 is 0 Å². The van der Waals surface area contributed by atoms with Crippen molar-refractivity contribution >= 4 is 11.1 Å². The summed E-state index contributed by atoms with van der Waals surface area (Å²) in [6, 6.07) is 56.0. The van der Waals surface area contributed by atoms with E-state index in [-0.39, 0.29) is 5.92 Å². The zero-order valence-corrected chi connectivity index (χ0v) is 31.4. The summed E-state index contributed by atoms with van der Waals surface area (Å²) < 4.78 is 0. The second-order valence-electron chi connectivity index (χ2n) is 14.7. The molecule has 1 heterocycles. The average molecular weight is 718 g/mol. The van der Waals surface area contributed by atoms with E-state index >= 15 is 0 Å². The third-order valence-corrected chi connectivity index (χ3v) is 11.5. The van der Waals surface area contributed by atoms with Gasteiger partial charge in [-0.1, -0.05) is 201 Å². The third-order valence-electron chi connectivity index (χ3n) is 11.5. The molecule has 1 atom stereocenters. The van der Waals surface area contributed by atoms with E-state index in [2.05, 4.69) is 147 Å². The monoisotopic (exact) mass is 717 g/mol. The number of aromatic nitrogens is 3. The van der Waals surface area contributed by atoms with Gasteiger partial charge in [0.1, 0.15) is 0 Å². The Hall–Kier alpha value is -6.97. The molecule has 266 valence electrons. The van der Waals surface area contributed by atoms with Gasteiger partial charge in [0.2, 0.25) is 0 Å². The van der Waals surface area contributed by atoms with Gasteiger partial charge in [-0.2, -0.15) is 0 Å². The molecule has 7 aromatic rings. The zero-order chi connectivity index (χ0) is 37.6. The van der Waals surface area contributed by atoms with E-state index < -0.39 is 5.41 Å². The Bertz CT molecular complexity index is 2700. The smallest absolute Gasteiger partial charge is 0.164 e. The van der Waals surface area contributed by atoms with Crippen molar-refractivity contribution in [3.8, 4) is 45.3 Å². The molecule has 6 aromatic carbocycles. The van der Waals surface area contributed by atoms with Gasteiger partial charge < -0.3 is 0 Å². The van der Waals surface area contributed by atoms with Crippen LogP contribution in [0, 0.1) is 5.92 Å². The topological polar surface area (TPSA) is 38.7 Å². The molecule has 0 N–H and O–H groups in total. The standard InChI is InChI=1S/C53H39N3/c1-3-4-21-45-44-24-13-16-27-48(44)53(46-25-14-11-22-42(46)43-23-12-15-26-47(43)53)49(45)41-33-32-40(34-35(41)2)36-28-30-39(31-29-36)52-55-50(37-17-7-5-8-18-37)54-51(56-52)38-19-9-6-10-20-38/h3-35H,1-2H3/b4-3-,45-21+,49-41-. The van der Waals surface area contributed by atoms with Crippen LogP contribution in [0.15, 0.2) is 205 Å². The molecule has 1 aromatic heterocycles. The van der Waals surface area contributed by atoms with Crippen LogP contribution in [0.5, 0.6) is 0 Å². The van der Waals surface area contributed by atoms with Gasteiger partial charge in [0.05, 0.1) is 5.41 Å². The van der Waals surface area contributed by atoms with Crippen LogP contribution in [0.2, 0.25) is 0 Å². The van der Waals surface area contributed by atoms with E-state index in [9.17, 15) is 0 Å². The molecule has 1 unspecified atom stereocenters. The summed E-state index contributed by atoms with van der Waals surface area (Å²) in [6.07, 6.45) is 13.8. The number of allylic oxidation sites excluding steroid dienone is 10. The number of hydrogen-bond acceptors (Lipinski definition) is 3. The van der Waals surface area contributed by atoms with Gasteiger partial charge in [-0.25, -0.2) is 15.0 Å². The Kier molecular flexibility index (Phi) is 8.22. The van der Waals surface area contributed by atoms with Gasteiger partial charge in [0.25, 0.3) is 0 Å². The summed E-state index contributed by atoms with van der Waals surface area (Å²) in [6.45, 7) is 4.44. The summed E-state index contributed by atoms with van der Waals surface area (Å²) in [4.78, 5) is 14.8. The maximum Gasteiger partial charge on any atom is 0.164 e. The number of hydrogen-bond donors (Lipinski definition) is 0. The Morgan fingerprint density at radius 3 is 1.45 bits per heavy atom. The molecule has 0 radical (unpaired) electrons. The van der Waals surface area contributed by atoms with E-state index in [0.717, 1.165) is 22.3 Å². The third kappa shape index (κ3) is 5.31. The van der Waals surface area contributed by atoms with Crippen molar-refractivity contribution in [3.05, 3.63) is 233 Å². The summed E-state index contributed by atoms with van der Waals surface area (Å²) in [7, 11) is 0. The second-order valence-corrected chi connectivity index (χ2v) is 14.7. The minimum atomic E-state index is -0.417. The molecule has 3 aliphatic carbocycles. The predicted molar refractivity (Wildman–Crippen MR) is 230 cm³/mol. The lowest BCUT2D eigenvalue weighted by molar-refractivity contribution is 0.758. The summed E-state index contributed by atoms with van der Waals surface area (Å²) in [5.74, 6) is 2.14. The van der Waals surface area contributed by atoms with Gasteiger partial charge in [0, 0.05) is 22.6 Å². The van der Waals surface area contributed by atoms with Crippen molar-refractivity contribution in [2.24, 2.45) is 5.92 Å². The van der Waals surface area contributed by atoms with Crippen LogP contribution in [0.1, 0.15) is 41.7 Å². The lowest BCUT2D eigenvalue weighted by atomic mass is 9.67. The van der Waals surface area contributed by atoms with Gasteiger partial charge >= 0.3 is 0 Å². The van der Waals surface area contributed by atoms with Crippen LogP contribution >= 0.6 is 0 Å². The lowest BCUT2D eigenvalue weighted by Gasteiger charge is -2.34. The molecule has 0 saturated heterocycles. The van der Waals surface area contributed by atoms with E-state index in [1.165, 1.54) is 55.7 Å². The van der Waals surface area contributed by atoms with E-state index in [0.29, 0.717) is 17.5 Å². The highest BCUT2D eigenvalue weighted by molar-refractivity contribution is 6.01. The van der Waals surface area contributed by atoms with Crippen LogP contribution in [0.4, 0.5) is 0 Å². The molecular weight excluding hydrogens is 679 g/mol. The number of fused-ring (bicyclic) bond motifs is 7.